The minimum Gasteiger partial charge on any atom is -0.478 e. The first kappa shape index (κ1) is 12.7. The second-order valence-corrected chi connectivity index (χ2v) is 5.46. The van der Waals surface area contributed by atoms with E-state index in [-0.39, 0.29) is 0 Å². The van der Waals surface area contributed by atoms with Gasteiger partial charge in [0.25, 0.3) is 0 Å². The zero-order valence-electron chi connectivity index (χ0n) is 11.7. The fourth-order valence-corrected chi connectivity index (χ4v) is 2.69. The van der Waals surface area contributed by atoms with Gasteiger partial charge >= 0.3 is 0 Å². The first-order chi connectivity index (χ1) is 9.24. The van der Waals surface area contributed by atoms with Gasteiger partial charge in [-0.1, -0.05) is 0 Å². The molecule has 1 aromatic rings. The molecule has 3 rings (SSSR count). The largest absolute Gasteiger partial charge is 0.478 e. The summed E-state index contributed by atoms with van der Waals surface area (Å²) in [7, 11) is 0. The molecule has 0 radical (unpaired) electrons. The monoisotopic (exact) mass is 262 g/mol. The number of ether oxygens (including phenoxy) is 1. The molecule has 19 heavy (non-hydrogen) atoms. The van der Waals surface area contributed by atoms with Crippen molar-refractivity contribution in [2.24, 2.45) is 0 Å². The molecule has 1 atom stereocenters. The lowest BCUT2D eigenvalue weighted by atomic mass is 10.3. The van der Waals surface area contributed by atoms with Gasteiger partial charge in [-0.25, -0.2) is 4.98 Å². The van der Waals surface area contributed by atoms with Gasteiger partial charge in [-0.2, -0.15) is 4.98 Å². The lowest BCUT2D eigenvalue weighted by Crippen LogP contribution is -2.28. The molecular formula is C14H22N4O. The number of rotatable bonds is 5. The van der Waals surface area contributed by atoms with Crippen molar-refractivity contribution in [3.8, 4) is 5.88 Å². The molecular weight excluding hydrogens is 240 g/mol. The van der Waals surface area contributed by atoms with Crippen molar-refractivity contribution in [3.63, 3.8) is 0 Å². The lowest BCUT2D eigenvalue weighted by Gasteiger charge is -2.16. The Labute approximate surface area is 114 Å². The number of anilines is 1. The van der Waals surface area contributed by atoms with Crippen LogP contribution in [0.25, 0.3) is 0 Å². The molecule has 1 aliphatic carbocycles. The third kappa shape index (κ3) is 3.15. The molecule has 2 fully saturated rings. The Kier molecular flexibility index (Phi) is 3.55. The summed E-state index contributed by atoms with van der Waals surface area (Å²) >= 11 is 0. The predicted molar refractivity (Wildman–Crippen MR) is 74.6 cm³/mol. The maximum Gasteiger partial charge on any atom is 0.226 e. The summed E-state index contributed by atoms with van der Waals surface area (Å²) in [6.45, 7) is 6.89. The summed E-state index contributed by atoms with van der Waals surface area (Å²) in [4.78, 5) is 11.4. The van der Waals surface area contributed by atoms with E-state index in [2.05, 4.69) is 20.2 Å². The Morgan fingerprint density at radius 1 is 1.37 bits per heavy atom. The Balaban J connectivity index is 1.62. The van der Waals surface area contributed by atoms with E-state index in [1.165, 1.54) is 25.8 Å². The minimum atomic E-state index is 0.469. The number of hydrogen-bond acceptors (Lipinski definition) is 5. The van der Waals surface area contributed by atoms with Crippen LogP contribution in [0.3, 0.4) is 0 Å². The third-order valence-corrected chi connectivity index (χ3v) is 3.74. The molecule has 0 bridgehead atoms. The minimum absolute atomic E-state index is 0.469. The average molecular weight is 262 g/mol. The highest BCUT2D eigenvalue weighted by Crippen LogP contribution is 2.30. The van der Waals surface area contributed by atoms with Crippen LogP contribution in [0.1, 0.15) is 31.9 Å². The van der Waals surface area contributed by atoms with Crippen LogP contribution in [0.2, 0.25) is 0 Å². The molecule has 1 aliphatic heterocycles. The highest BCUT2D eigenvalue weighted by atomic mass is 16.5. The number of nitrogens with one attached hydrogen (secondary N) is 1. The Bertz CT molecular complexity index is 447. The van der Waals surface area contributed by atoms with Crippen molar-refractivity contribution in [2.45, 2.75) is 45.2 Å². The lowest BCUT2D eigenvalue weighted by molar-refractivity contribution is 0.324. The van der Waals surface area contributed by atoms with Crippen LogP contribution in [0.15, 0.2) is 6.07 Å². The van der Waals surface area contributed by atoms with Crippen LogP contribution in [-0.2, 0) is 0 Å². The molecule has 2 aliphatic rings. The summed E-state index contributed by atoms with van der Waals surface area (Å²) in [5.41, 5.74) is 0.943. The SMILES string of the molecule is CCOc1cc(C)nc(NC2CCN(C3CC3)C2)n1. The molecule has 2 heterocycles. The molecule has 1 aromatic heterocycles. The van der Waals surface area contributed by atoms with Crippen LogP contribution in [0, 0.1) is 6.92 Å². The first-order valence-electron chi connectivity index (χ1n) is 7.23. The smallest absolute Gasteiger partial charge is 0.226 e. The van der Waals surface area contributed by atoms with Gasteiger partial charge in [0.1, 0.15) is 0 Å². The van der Waals surface area contributed by atoms with Gasteiger partial charge in [-0.15, -0.1) is 0 Å². The summed E-state index contributed by atoms with van der Waals surface area (Å²) in [5.74, 6) is 1.36. The predicted octanol–water partition coefficient (Wildman–Crippen LogP) is 1.83. The van der Waals surface area contributed by atoms with E-state index in [9.17, 15) is 0 Å². The number of aromatic nitrogens is 2. The van der Waals surface area contributed by atoms with Crippen LogP contribution in [-0.4, -0.2) is 46.6 Å². The Hall–Kier alpha value is -1.36. The second kappa shape index (κ2) is 5.33. The maximum absolute atomic E-state index is 5.46. The van der Waals surface area contributed by atoms with Crippen molar-refractivity contribution in [1.29, 1.82) is 0 Å². The van der Waals surface area contributed by atoms with E-state index in [4.69, 9.17) is 4.74 Å². The van der Waals surface area contributed by atoms with Crippen molar-refractivity contribution in [3.05, 3.63) is 11.8 Å². The van der Waals surface area contributed by atoms with Crippen LogP contribution < -0.4 is 10.1 Å². The Morgan fingerprint density at radius 3 is 2.95 bits per heavy atom. The average Bonchev–Trinajstić information content (AvgIpc) is 3.11. The number of aryl methyl sites for hydroxylation is 1. The van der Waals surface area contributed by atoms with Gasteiger partial charge in [-0.3, -0.25) is 4.90 Å². The topological polar surface area (TPSA) is 50.3 Å². The molecule has 1 N–H and O–H groups in total. The van der Waals surface area contributed by atoms with Gasteiger partial charge in [0.2, 0.25) is 11.8 Å². The van der Waals surface area contributed by atoms with Crippen LogP contribution in [0.4, 0.5) is 5.95 Å². The van der Waals surface area contributed by atoms with E-state index < -0.39 is 0 Å². The van der Waals surface area contributed by atoms with Crippen molar-refractivity contribution >= 4 is 5.95 Å². The highest BCUT2D eigenvalue weighted by molar-refractivity contribution is 5.32. The molecule has 0 amide bonds. The molecule has 0 aromatic carbocycles. The third-order valence-electron chi connectivity index (χ3n) is 3.74. The number of nitrogens with zero attached hydrogens (tertiary/aromatic N) is 3. The summed E-state index contributed by atoms with van der Waals surface area (Å²) in [6.07, 6.45) is 3.93. The van der Waals surface area contributed by atoms with E-state index in [0.29, 0.717) is 24.5 Å². The molecule has 0 spiro atoms. The Morgan fingerprint density at radius 2 is 2.21 bits per heavy atom. The normalized spacial score (nSPS) is 23.6. The first-order valence-corrected chi connectivity index (χ1v) is 7.23. The van der Waals surface area contributed by atoms with Crippen LogP contribution >= 0.6 is 0 Å². The van der Waals surface area contributed by atoms with Gasteiger partial charge in [0.05, 0.1) is 6.61 Å². The molecule has 1 saturated carbocycles. The van der Waals surface area contributed by atoms with Crippen molar-refractivity contribution < 1.29 is 4.74 Å². The summed E-state index contributed by atoms with van der Waals surface area (Å²) in [6, 6.07) is 3.20. The maximum atomic E-state index is 5.46. The van der Waals surface area contributed by atoms with Crippen molar-refractivity contribution in [1.82, 2.24) is 14.9 Å². The van der Waals surface area contributed by atoms with Gasteiger partial charge in [0, 0.05) is 36.9 Å². The zero-order chi connectivity index (χ0) is 13.2. The van der Waals surface area contributed by atoms with Gasteiger partial charge in [0.15, 0.2) is 0 Å². The van der Waals surface area contributed by atoms with Crippen molar-refractivity contribution in [2.75, 3.05) is 25.0 Å². The number of likely N-dealkylation sites (tertiary alicyclic amines) is 1. The van der Waals surface area contributed by atoms with E-state index in [0.717, 1.165) is 18.3 Å². The zero-order valence-corrected chi connectivity index (χ0v) is 11.7. The quantitative estimate of drug-likeness (QED) is 0.877. The highest BCUT2D eigenvalue weighted by Gasteiger charge is 2.34. The van der Waals surface area contributed by atoms with Gasteiger partial charge < -0.3 is 10.1 Å². The molecule has 104 valence electrons. The van der Waals surface area contributed by atoms with E-state index in [1.54, 1.807) is 0 Å². The van der Waals surface area contributed by atoms with Gasteiger partial charge in [-0.05, 0) is 33.1 Å². The fraction of sp³-hybridized carbons (Fsp3) is 0.714. The van der Waals surface area contributed by atoms with Crippen LogP contribution in [0.5, 0.6) is 5.88 Å². The van der Waals surface area contributed by atoms with E-state index in [1.807, 2.05) is 19.9 Å². The fourth-order valence-electron chi connectivity index (χ4n) is 2.69. The summed E-state index contributed by atoms with van der Waals surface area (Å²) < 4.78 is 5.46. The number of hydrogen-bond donors (Lipinski definition) is 1. The standard InChI is InChI=1S/C14H22N4O/c1-3-19-13-8-10(2)15-14(17-13)16-11-6-7-18(9-11)12-4-5-12/h8,11-12H,3-7,9H2,1-2H3,(H,15,16,17). The molecule has 5 heteroatoms. The molecule has 5 nitrogen and oxygen atoms in total. The molecule has 1 unspecified atom stereocenters. The molecule has 1 saturated heterocycles. The van der Waals surface area contributed by atoms with E-state index >= 15 is 0 Å². The summed E-state index contributed by atoms with van der Waals surface area (Å²) in [5, 5.41) is 3.45. The second-order valence-electron chi connectivity index (χ2n) is 5.46.